The summed E-state index contributed by atoms with van der Waals surface area (Å²) in [6, 6.07) is 9.34. The molecule has 3 aliphatic rings. The number of hydrogen-bond donors (Lipinski definition) is 3. The van der Waals surface area contributed by atoms with Crippen LogP contribution in [0.5, 0.6) is 5.75 Å². The number of phenolic OH excluding ortho intramolecular Hbond substituents is 1. The first-order valence-corrected chi connectivity index (χ1v) is 13.5. The highest BCUT2D eigenvalue weighted by Crippen LogP contribution is 2.52. The van der Waals surface area contributed by atoms with Crippen molar-refractivity contribution in [3.63, 3.8) is 0 Å². The van der Waals surface area contributed by atoms with Crippen molar-refractivity contribution < 1.29 is 15.0 Å². The molecular weight excluding hydrogens is 500 g/mol. The van der Waals surface area contributed by atoms with Crippen molar-refractivity contribution in [2.45, 2.75) is 55.6 Å². The Balaban J connectivity index is 1.35. The average Bonchev–Trinajstić information content (AvgIpc) is 3.50. The minimum absolute atomic E-state index is 0.0187. The fourth-order valence-corrected chi connectivity index (χ4v) is 7.17. The number of β-amino-alcohol motifs (C(OH)–C–C–N with tert-alkyl or cyclic N) is 1. The molecule has 7 heteroatoms. The van der Waals surface area contributed by atoms with Crippen LogP contribution in [0.1, 0.15) is 49.0 Å². The highest BCUT2D eigenvalue weighted by molar-refractivity contribution is 9.10. The van der Waals surface area contributed by atoms with Gasteiger partial charge in [0.15, 0.2) is 0 Å². The maximum atomic E-state index is 12.7. The van der Waals surface area contributed by atoms with Gasteiger partial charge in [0, 0.05) is 45.4 Å². The van der Waals surface area contributed by atoms with E-state index in [1.807, 2.05) is 29.7 Å². The number of likely N-dealkylation sites (tertiary alicyclic amines) is 1. The molecule has 1 amide bonds. The number of aromatic hydroxyl groups is 1. The van der Waals surface area contributed by atoms with Gasteiger partial charge in [-0.2, -0.15) is 0 Å². The lowest BCUT2D eigenvalue weighted by atomic mass is 9.55. The predicted octanol–water partition coefficient (Wildman–Crippen LogP) is 4.68. The molecule has 5 rings (SSSR count). The molecule has 0 bridgehead atoms. The molecule has 2 aromatic rings. The van der Waals surface area contributed by atoms with Crippen molar-refractivity contribution in [2.75, 3.05) is 19.6 Å². The molecular formula is C26H31BrN2O3S. The van der Waals surface area contributed by atoms with E-state index in [0.29, 0.717) is 19.4 Å². The van der Waals surface area contributed by atoms with Crippen LogP contribution in [0.2, 0.25) is 0 Å². The minimum Gasteiger partial charge on any atom is -0.508 e. The Labute approximate surface area is 207 Å². The number of fused-ring (bicyclic) bond motifs is 1. The minimum atomic E-state index is -0.867. The summed E-state index contributed by atoms with van der Waals surface area (Å²) in [5.41, 5.74) is -0.368. The third-order valence-corrected chi connectivity index (χ3v) is 9.34. The highest BCUT2D eigenvalue weighted by Gasteiger charge is 2.57. The van der Waals surface area contributed by atoms with E-state index in [2.05, 4.69) is 26.1 Å². The summed E-state index contributed by atoms with van der Waals surface area (Å²) in [6.07, 6.45) is 8.92. The van der Waals surface area contributed by atoms with Crippen LogP contribution < -0.4 is 5.32 Å². The molecule has 1 aromatic heterocycles. The number of phenols is 1. The number of amides is 1. The Morgan fingerprint density at radius 1 is 1.27 bits per heavy atom. The first-order valence-electron chi connectivity index (χ1n) is 11.8. The van der Waals surface area contributed by atoms with Gasteiger partial charge < -0.3 is 20.4 Å². The summed E-state index contributed by atoms with van der Waals surface area (Å²) in [4.78, 5) is 16.1. The molecule has 1 saturated heterocycles. The highest BCUT2D eigenvalue weighted by atomic mass is 79.9. The molecule has 3 fully saturated rings. The van der Waals surface area contributed by atoms with Crippen LogP contribution in [0.25, 0.3) is 6.08 Å². The molecule has 0 radical (unpaired) electrons. The van der Waals surface area contributed by atoms with Gasteiger partial charge in [0.05, 0.1) is 5.60 Å². The van der Waals surface area contributed by atoms with Gasteiger partial charge in [-0.15, -0.1) is 11.3 Å². The Hall–Kier alpha value is -1.67. The molecule has 0 spiro atoms. The molecule has 3 atom stereocenters. The topological polar surface area (TPSA) is 72.8 Å². The van der Waals surface area contributed by atoms with Crippen molar-refractivity contribution in [1.82, 2.24) is 10.2 Å². The van der Waals surface area contributed by atoms with Crippen molar-refractivity contribution in [2.24, 2.45) is 5.92 Å². The zero-order valence-electron chi connectivity index (χ0n) is 18.7. The van der Waals surface area contributed by atoms with Crippen molar-refractivity contribution in [3.05, 3.63) is 56.7 Å². The van der Waals surface area contributed by atoms with Crippen molar-refractivity contribution >= 4 is 39.2 Å². The molecule has 33 heavy (non-hydrogen) atoms. The number of thiophene rings is 1. The number of halogens is 1. The molecule has 3 N–H and O–H groups in total. The number of benzene rings is 1. The molecule has 5 nitrogen and oxygen atoms in total. The van der Waals surface area contributed by atoms with Gasteiger partial charge in [-0.05, 0) is 96.8 Å². The molecule has 1 aliphatic heterocycles. The van der Waals surface area contributed by atoms with Crippen LogP contribution in [0.3, 0.4) is 0 Å². The lowest BCUT2D eigenvalue weighted by Crippen LogP contribution is -2.67. The maximum absolute atomic E-state index is 12.7. The van der Waals surface area contributed by atoms with E-state index in [-0.39, 0.29) is 17.7 Å². The van der Waals surface area contributed by atoms with E-state index in [4.69, 9.17) is 0 Å². The summed E-state index contributed by atoms with van der Waals surface area (Å²) in [7, 11) is 0. The third-order valence-electron chi connectivity index (χ3n) is 7.68. The van der Waals surface area contributed by atoms with Crippen LogP contribution >= 0.6 is 27.3 Å². The zero-order chi connectivity index (χ0) is 23.1. The van der Waals surface area contributed by atoms with E-state index >= 15 is 0 Å². The summed E-state index contributed by atoms with van der Waals surface area (Å²) >= 11 is 5.02. The van der Waals surface area contributed by atoms with E-state index in [9.17, 15) is 15.0 Å². The van der Waals surface area contributed by atoms with E-state index in [1.165, 1.54) is 12.8 Å². The summed E-state index contributed by atoms with van der Waals surface area (Å²) < 4.78 is 1.01. The van der Waals surface area contributed by atoms with Crippen LogP contribution in [0.15, 0.2) is 46.3 Å². The number of hydrogen-bond acceptors (Lipinski definition) is 5. The SMILES string of the molecule is O=C(/C=C/c1cc(Br)cs1)N[C@@H]1CC[C@]2(O)CN(CC3CC3)CC[C@@]2(c2cccc(O)c2)C1. The molecule has 1 aromatic carbocycles. The van der Waals surface area contributed by atoms with Crippen molar-refractivity contribution in [3.8, 4) is 5.75 Å². The number of piperidine rings is 1. The van der Waals surface area contributed by atoms with Gasteiger partial charge >= 0.3 is 0 Å². The summed E-state index contributed by atoms with van der Waals surface area (Å²) in [5, 5.41) is 27.4. The van der Waals surface area contributed by atoms with Gasteiger partial charge in [-0.25, -0.2) is 0 Å². The average molecular weight is 532 g/mol. The number of carbonyl (C=O) groups excluding carboxylic acids is 1. The standard InChI is InChI=1S/C26H31BrN2O3S/c27-20-13-23(33-16-20)6-7-24(31)28-21-8-9-26(32)17-29(15-18-4-5-18)11-10-25(26,14-21)19-2-1-3-22(30)12-19/h1-3,6-7,12-13,16,18,21,30,32H,4-5,8-11,14-15,17H2,(H,28,31)/b7-6+/t21-,25+,26+/m1/s1. The zero-order valence-corrected chi connectivity index (χ0v) is 21.1. The van der Waals surface area contributed by atoms with Gasteiger partial charge in [-0.1, -0.05) is 12.1 Å². The van der Waals surface area contributed by atoms with Crippen LogP contribution in [0.4, 0.5) is 0 Å². The second kappa shape index (κ2) is 9.17. The van der Waals surface area contributed by atoms with E-state index in [1.54, 1.807) is 29.5 Å². The molecule has 0 unspecified atom stereocenters. The second-order valence-electron chi connectivity index (χ2n) is 10.0. The third kappa shape index (κ3) is 4.92. The molecule has 2 saturated carbocycles. The van der Waals surface area contributed by atoms with Gasteiger partial charge in [-0.3, -0.25) is 4.79 Å². The van der Waals surface area contributed by atoms with Crippen LogP contribution in [-0.4, -0.2) is 52.3 Å². The van der Waals surface area contributed by atoms with Crippen molar-refractivity contribution in [1.29, 1.82) is 0 Å². The smallest absolute Gasteiger partial charge is 0.244 e. The predicted molar refractivity (Wildman–Crippen MR) is 135 cm³/mol. The number of aliphatic hydroxyl groups is 1. The fourth-order valence-electron chi connectivity index (χ4n) is 5.83. The van der Waals surface area contributed by atoms with Gasteiger partial charge in [0.2, 0.25) is 5.91 Å². The maximum Gasteiger partial charge on any atom is 0.244 e. The number of rotatable bonds is 6. The van der Waals surface area contributed by atoms with Gasteiger partial charge in [0.1, 0.15) is 5.75 Å². The molecule has 2 heterocycles. The second-order valence-corrected chi connectivity index (χ2v) is 11.9. The van der Waals surface area contributed by atoms with Crippen LogP contribution in [0, 0.1) is 5.92 Å². The number of nitrogens with one attached hydrogen (secondary N) is 1. The fraction of sp³-hybridized carbons (Fsp3) is 0.500. The quantitative estimate of drug-likeness (QED) is 0.474. The Morgan fingerprint density at radius 3 is 2.85 bits per heavy atom. The van der Waals surface area contributed by atoms with Gasteiger partial charge in [0.25, 0.3) is 0 Å². The Kier molecular flexibility index (Phi) is 6.42. The summed E-state index contributed by atoms with van der Waals surface area (Å²) in [5.74, 6) is 0.904. The monoisotopic (exact) mass is 530 g/mol. The number of nitrogens with zero attached hydrogens (tertiary/aromatic N) is 1. The number of carbonyl (C=O) groups is 1. The lowest BCUT2D eigenvalue weighted by Gasteiger charge is -2.58. The summed E-state index contributed by atoms with van der Waals surface area (Å²) in [6.45, 7) is 2.66. The molecule has 2 aliphatic carbocycles. The molecule has 176 valence electrons. The van der Waals surface area contributed by atoms with E-state index in [0.717, 1.165) is 46.8 Å². The van der Waals surface area contributed by atoms with Crippen LogP contribution in [-0.2, 0) is 10.2 Å². The first-order chi connectivity index (χ1) is 15.8. The lowest BCUT2D eigenvalue weighted by molar-refractivity contribution is -0.132. The first kappa shape index (κ1) is 23.1. The Bertz CT molecular complexity index is 1050. The largest absolute Gasteiger partial charge is 0.508 e. The normalized spacial score (nSPS) is 30.3. The Morgan fingerprint density at radius 2 is 2.12 bits per heavy atom. The van der Waals surface area contributed by atoms with E-state index < -0.39 is 11.0 Å².